The highest BCUT2D eigenvalue weighted by Gasteiger charge is 2.22. The second-order valence-electron chi connectivity index (χ2n) is 7.91. The number of hydrogen-bond donors (Lipinski definition) is 3. The molecule has 2 aliphatic rings. The predicted octanol–water partition coefficient (Wildman–Crippen LogP) is 3.42. The molecule has 3 aromatic heterocycles. The van der Waals surface area contributed by atoms with Gasteiger partial charge in [0.1, 0.15) is 17.5 Å². The van der Waals surface area contributed by atoms with Gasteiger partial charge in [-0.2, -0.15) is 9.61 Å². The lowest BCUT2D eigenvalue weighted by Crippen LogP contribution is -2.10. The van der Waals surface area contributed by atoms with E-state index in [1.165, 1.54) is 12.8 Å². The molecule has 0 unspecified atom stereocenters. The first-order valence-corrected chi connectivity index (χ1v) is 10.1. The highest BCUT2D eigenvalue weighted by atomic mass is 16.1. The molecule has 1 saturated carbocycles. The van der Waals surface area contributed by atoms with Crippen LogP contribution in [-0.4, -0.2) is 32.0 Å². The Hall–Kier alpha value is -3.68. The second-order valence-corrected chi connectivity index (χ2v) is 7.91. The number of amides is 1. The first-order chi connectivity index (χ1) is 14.5. The zero-order valence-corrected chi connectivity index (χ0v) is 16.8. The summed E-state index contributed by atoms with van der Waals surface area (Å²) >= 11 is 0. The molecular formula is C22H23N7O. The summed E-state index contributed by atoms with van der Waals surface area (Å²) in [5.74, 6) is 2.95. The molecule has 1 aliphatic carbocycles. The van der Waals surface area contributed by atoms with Gasteiger partial charge in [0.25, 0.3) is 0 Å². The molecule has 8 nitrogen and oxygen atoms in total. The molecule has 2 fully saturated rings. The van der Waals surface area contributed by atoms with Gasteiger partial charge in [-0.15, -0.1) is 0 Å². The van der Waals surface area contributed by atoms with Crippen molar-refractivity contribution in [2.24, 2.45) is 5.92 Å². The van der Waals surface area contributed by atoms with Crippen molar-refractivity contribution in [3.8, 4) is 0 Å². The molecule has 3 aromatic rings. The Kier molecular flexibility index (Phi) is 4.46. The Morgan fingerprint density at radius 1 is 1.30 bits per heavy atom. The van der Waals surface area contributed by atoms with E-state index in [0.717, 1.165) is 40.8 Å². The minimum atomic E-state index is -0.0460. The van der Waals surface area contributed by atoms with Gasteiger partial charge in [-0.05, 0) is 49.0 Å². The van der Waals surface area contributed by atoms with Gasteiger partial charge < -0.3 is 16.0 Å². The number of fused-ring (bicyclic) bond motifs is 1. The van der Waals surface area contributed by atoms with Crippen LogP contribution in [0.25, 0.3) is 11.7 Å². The van der Waals surface area contributed by atoms with Gasteiger partial charge >= 0.3 is 0 Å². The monoisotopic (exact) mass is 401 g/mol. The van der Waals surface area contributed by atoms with Crippen LogP contribution in [0, 0.1) is 12.8 Å². The molecule has 4 heterocycles. The second kappa shape index (κ2) is 7.29. The highest BCUT2D eigenvalue weighted by molar-refractivity contribution is 5.89. The molecule has 8 heteroatoms. The number of anilines is 3. The van der Waals surface area contributed by atoms with Crippen LogP contribution in [-0.2, 0) is 4.79 Å². The Morgan fingerprint density at radius 2 is 2.17 bits per heavy atom. The lowest BCUT2D eigenvalue weighted by Gasteiger charge is -2.11. The highest BCUT2D eigenvalue weighted by Crippen LogP contribution is 2.30. The number of aromatic nitrogens is 4. The van der Waals surface area contributed by atoms with Gasteiger partial charge in [-0.1, -0.05) is 12.6 Å². The minimum Gasteiger partial charge on any atom is -0.370 e. The number of nitrogens with zero attached hydrogens (tertiary/aromatic N) is 4. The van der Waals surface area contributed by atoms with E-state index in [-0.39, 0.29) is 5.91 Å². The van der Waals surface area contributed by atoms with Crippen molar-refractivity contribution < 1.29 is 4.79 Å². The normalized spacial score (nSPS) is 17.6. The maximum absolute atomic E-state index is 11.7. The van der Waals surface area contributed by atoms with Crippen LogP contribution in [0.2, 0.25) is 0 Å². The number of nitrogens with one attached hydrogen (secondary N) is 3. The number of carbonyl (C=O) groups excluding carboxylic acids is 1. The Balaban J connectivity index is 1.54. The molecule has 0 radical (unpaired) electrons. The molecule has 0 atom stereocenters. The Morgan fingerprint density at radius 3 is 2.87 bits per heavy atom. The minimum absolute atomic E-state index is 0.0460. The van der Waals surface area contributed by atoms with Gasteiger partial charge in [0, 0.05) is 30.1 Å². The van der Waals surface area contributed by atoms with Crippen LogP contribution in [0.3, 0.4) is 0 Å². The van der Waals surface area contributed by atoms with Crippen LogP contribution >= 0.6 is 0 Å². The lowest BCUT2D eigenvalue weighted by atomic mass is 10.1. The van der Waals surface area contributed by atoms with Crippen molar-refractivity contribution in [2.75, 3.05) is 17.2 Å². The Labute approximate surface area is 174 Å². The van der Waals surface area contributed by atoms with Crippen molar-refractivity contribution >= 4 is 35.1 Å². The lowest BCUT2D eigenvalue weighted by molar-refractivity contribution is -0.118. The van der Waals surface area contributed by atoms with Gasteiger partial charge in [-0.3, -0.25) is 4.79 Å². The summed E-state index contributed by atoms with van der Waals surface area (Å²) in [4.78, 5) is 20.9. The molecule has 1 saturated heterocycles. The summed E-state index contributed by atoms with van der Waals surface area (Å²) < 4.78 is 1.80. The van der Waals surface area contributed by atoms with Gasteiger partial charge in [-0.25, -0.2) is 9.97 Å². The average molecular weight is 401 g/mol. The average Bonchev–Trinajstić information content (AvgIpc) is 3.39. The maximum Gasteiger partial charge on any atom is 0.228 e. The predicted molar refractivity (Wildman–Crippen MR) is 116 cm³/mol. The van der Waals surface area contributed by atoms with E-state index in [4.69, 9.17) is 4.98 Å². The third kappa shape index (κ3) is 3.76. The molecule has 3 N–H and O–H groups in total. The maximum atomic E-state index is 11.7. The number of hydrogen-bond acceptors (Lipinski definition) is 6. The number of carbonyl (C=O) groups is 1. The summed E-state index contributed by atoms with van der Waals surface area (Å²) in [7, 11) is 0. The van der Waals surface area contributed by atoms with Crippen molar-refractivity contribution in [3.05, 3.63) is 59.6 Å². The molecule has 0 aromatic carbocycles. The molecule has 0 spiro atoms. The summed E-state index contributed by atoms with van der Waals surface area (Å²) in [6, 6.07) is 5.88. The number of aryl methyl sites for hydroxylation is 1. The summed E-state index contributed by atoms with van der Waals surface area (Å²) in [6.45, 7) is 6.83. The van der Waals surface area contributed by atoms with Gasteiger partial charge in [0.05, 0.1) is 12.6 Å². The number of pyridine rings is 1. The number of rotatable bonds is 6. The standard InChI is InChI=1S/C22H23N7O/c1-13-3-6-18(23-10-13)27-19-9-20(24-11-15-4-5-15)29-22(28-19)17(12-25-29)7-16-8-21(30)26-14(16)2/h3,6-7,9-10,12,15,24H,2,4-5,8,11H2,1H3,(H,26,30)(H,23,27,28)/b16-7+. The quantitative estimate of drug-likeness (QED) is 0.586. The van der Waals surface area contributed by atoms with Crippen molar-refractivity contribution in [3.63, 3.8) is 0 Å². The van der Waals surface area contributed by atoms with E-state index in [1.807, 2.05) is 37.4 Å². The van der Waals surface area contributed by atoms with E-state index < -0.39 is 0 Å². The van der Waals surface area contributed by atoms with E-state index in [0.29, 0.717) is 23.6 Å². The molecule has 30 heavy (non-hydrogen) atoms. The SMILES string of the molecule is C=C1NC(=O)C/C1=C\c1cnn2c(NCC3CC3)cc(Nc3ccc(C)cn3)nc12. The van der Waals surface area contributed by atoms with Crippen LogP contribution in [0.4, 0.5) is 17.5 Å². The zero-order valence-electron chi connectivity index (χ0n) is 16.8. The first-order valence-electron chi connectivity index (χ1n) is 10.1. The molecule has 1 aliphatic heterocycles. The fourth-order valence-electron chi connectivity index (χ4n) is 3.41. The van der Waals surface area contributed by atoms with Crippen LogP contribution < -0.4 is 16.0 Å². The van der Waals surface area contributed by atoms with Gasteiger partial charge in [0.2, 0.25) is 5.91 Å². The fourth-order valence-corrected chi connectivity index (χ4v) is 3.41. The fraction of sp³-hybridized carbons (Fsp3) is 0.273. The third-order valence-corrected chi connectivity index (χ3v) is 5.29. The molecule has 0 bridgehead atoms. The summed E-state index contributed by atoms with van der Waals surface area (Å²) in [5.41, 5.74) is 4.11. The van der Waals surface area contributed by atoms with Crippen molar-refractivity contribution in [1.82, 2.24) is 24.9 Å². The molecular weight excluding hydrogens is 378 g/mol. The topological polar surface area (TPSA) is 96.2 Å². The van der Waals surface area contributed by atoms with E-state index in [2.05, 4.69) is 32.6 Å². The largest absolute Gasteiger partial charge is 0.370 e. The molecule has 152 valence electrons. The van der Waals surface area contributed by atoms with Gasteiger partial charge in [0.15, 0.2) is 5.65 Å². The number of allylic oxidation sites excluding steroid dienone is 1. The van der Waals surface area contributed by atoms with Crippen LogP contribution in [0.5, 0.6) is 0 Å². The van der Waals surface area contributed by atoms with E-state index >= 15 is 0 Å². The molecule has 5 rings (SSSR count). The van der Waals surface area contributed by atoms with E-state index in [9.17, 15) is 4.79 Å². The van der Waals surface area contributed by atoms with Crippen LogP contribution in [0.15, 0.2) is 48.4 Å². The summed E-state index contributed by atoms with van der Waals surface area (Å²) in [5, 5.41) is 14.1. The smallest absolute Gasteiger partial charge is 0.228 e. The van der Waals surface area contributed by atoms with Crippen molar-refractivity contribution in [2.45, 2.75) is 26.2 Å². The summed E-state index contributed by atoms with van der Waals surface area (Å²) in [6.07, 6.45) is 8.35. The van der Waals surface area contributed by atoms with Crippen molar-refractivity contribution in [1.29, 1.82) is 0 Å². The molecule has 1 amide bonds. The van der Waals surface area contributed by atoms with Crippen LogP contribution in [0.1, 0.15) is 30.4 Å². The first kappa shape index (κ1) is 18.4. The van der Waals surface area contributed by atoms with E-state index in [1.54, 1.807) is 10.7 Å². The third-order valence-electron chi connectivity index (χ3n) is 5.29. The Bertz CT molecular complexity index is 1170. The zero-order chi connectivity index (χ0) is 20.7.